The number of rotatable bonds is 9. The van der Waals surface area contributed by atoms with Gasteiger partial charge in [0.15, 0.2) is 5.96 Å². The Morgan fingerprint density at radius 2 is 2.00 bits per heavy atom. The Balaban J connectivity index is 0.00000338. The Morgan fingerprint density at radius 3 is 2.69 bits per heavy atom. The molecule has 0 aliphatic heterocycles. The molecule has 0 aliphatic rings. The molecule has 7 heteroatoms. The minimum atomic E-state index is 0. The molecule has 2 N–H and O–H groups in total. The number of methoxy groups -OCH3 is 1. The summed E-state index contributed by atoms with van der Waals surface area (Å²) in [6.07, 6.45) is 4.99. The van der Waals surface area contributed by atoms with Crippen LogP contribution in [0.4, 0.5) is 0 Å². The smallest absolute Gasteiger partial charge is 0.191 e. The fraction of sp³-hybridized carbons (Fsp3) is 0.421. The van der Waals surface area contributed by atoms with E-state index < -0.39 is 0 Å². The van der Waals surface area contributed by atoms with Crippen LogP contribution in [0, 0.1) is 0 Å². The Kier molecular flexibility index (Phi) is 10.6. The van der Waals surface area contributed by atoms with Gasteiger partial charge in [-0.1, -0.05) is 6.07 Å². The fourth-order valence-corrected chi connectivity index (χ4v) is 2.33. The number of aromatic nitrogens is 1. The zero-order valence-corrected chi connectivity index (χ0v) is 18.0. The van der Waals surface area contributed by atoms with Crippen molar-refractivity contribution in [3.05, 3.63) is 48.3 Å². The highest BCUT2D eigenvalue weighted by Gasteiger charge is 2.00. The predicted molar refractivity (Wildman–Crippen MR) is 117 cm³/mol. The molecule has 0 amide bonds. The molecule has 1 aromatic heterocycles. The lowest BCUT2D eigenvalue weighted by molar-refractivity contribution is 0.308. The molecular formula is C19H29IN4O2. The van der Waals surface area contributed by atoms with E-state index in [0.717, 1.165) is 37.0 Å². The Hall–Kier alpha value is -1.90. The van der Waals surface area contributed by atoms with Crippen LogP contribution < -0.4 is 20.1 Å². The molecule has 0 atom stereocenters. The first-order valence-electron chi connectivity index (χ1n) is 8.61. The second-order valence-corrected chi connectivity index (χ2v) is 5.69. The van der Waals surface area contributed by atoms with E-state index in [-0.39, 0.29) is 24.0 Å². The summed E-state index contributed by atoms with van der Waals surface area (Å²) in [6.45, 7) is 4.99. The minimum Gasteiger partial charge on any atom is -0.497 e. The summed E-state index contributed by atoms with van der Waals surface area (Å²) in [5.74, 6) is 2.45. The highest BCUT2D eigenvalue weighted by Crippen LogP contribution is 2.18. The molecule has 2 rings (SSSR count). The first-order chi connectivity index (χ1) is 12.2. The molecule has 2 aromatic rings. The third kappa shape index (κ3) is 7.99. The van der Waals surface area contributed by atoms with E-state index in [2.05, 4.69) is 34.8 Å². The van der Waals surface area contributed by atoms with Gasteiger partial charge in [0.2, 0.25) is 0 Å². The van der Waals surface area contributed by atoms with Gasteiger partial charge in [-0.2, -0.15) is 0 Å². The number of halogens is 1. The van der Waals surface area contributed by atoms with Gasteiger partial charge in [-0.25, -0.2) is 4.99 Å². The maximum absolute atomic E-state index is 5.74. The number of nitrogens with one attached hydrogen (secondary N) is 2. The number of nitrogens with zero attached hydrogens (tertiary/aromatic N) is 2. The van der Waals surface area contributed by atoms with E-state index in [9.17, 15) is 0 Å². The third-order valence-electron chi connectivity index (χ3n) is 3.58. The number of hydrogen-bond acceptors (Lipinski definition) is 3. The lowest BCUT2D eigenvalue weighted by Gasteiger charge is -2.12. The highest BCUT2D eigenvalue weighted by molar-refractivity contribution is 14.0. The number of aliphatic imine (C=N–C) groups is 1. The summed E-state index contributed by atoms with van der Waals surface area (Å²) in [5.41, 5.74) is 1.20. The number of hydrogen-bond donors (Lipinski definition) is 2. The molecule has 0 aliphatic carbocycles. The molecule has 0 fully saturated rings. The van der Waals surface area contributed by atoms with E-state index in [4.69, 9.17) is 9.47 Å². The van der Waals surface area contributed by atoms with Gasteiger partial charge in [-0.05, 0) is 37.1 Å². The molecule has 0 radical (unpaired) electrons. The van der Waals surface area contributed by atoms with E-state index >= 15 is 0 Å². The van der Waals surface area contributed by atoms with Gasteiger partial charge in [-0.3, -0.25) is 0 Å². The van der Waals surface area contributed by atoms with Gasteiger partial charge < -0.3 is 24.7 Å². The summed E-state index contributed by atoms with van der Waals surface area (Å²) < 4.78 is 13.0. The maximum Gasteiger partial charge on any atom is 0.191 e. The average molecular weight is 472 g/mol. The summed E-state index contributed by atoms with van der Waals surface area (Å²) in [4.78, 5) is 4.60. The van der Waals surface area contributed by atoms with Crippen LogP contribution in [-0.4, -0.2) is 37.3 Å². The second-order valence-electron chi connectivity index (χ2n) is 5.69. The third-order valence-corrected chi connectivity index (χ3v) is 3.58. The van der Waals surface area contributed by atoms with Gasteiger partial charge in [0.1, 0.15) is 11.5 Å². The standard InChI is InChI=1S/C19H28N4O2.HI/c1-4-20-19(22-14-16-9-11-23(2)15-16)21-10-6-12-25-18-8-5-7-17(13-18)24-3;/h5,7-9,11,13,15H,4,6,10,12,14H2,1-3H3,(H2,20,21,22);1H. The topological polar surface area (TPSA) is 59.8 Å². The SMILES string of the molecule is CCNC(=NCc1ccn(C)c1)NCCCOc1cccc(OC)c1.I. The van der Waals surface area contributed by atoms with E-state index in [1.54, 1.807) is 7.11 Å². The molecule has 26 heavy (non-hydrogen) atoms. The lowest BCUT2D eigenvalue weighted by atomic mass is 10.3. The summed E-state index contributed by atoms with van der Waals surface area (Å²) in [6, 6.07) is 9.72. The van der Waals surface area contributed by atoms with Gasteiger partial charge in [0, 0.05) is 38.6 Å². The number of aryl methyl sites for hydroxylation is 1. The first-order valence-corrected chi connectivity index (χ1v) is 8.61. The van der Waals surface area contributed by atoms with Crippen molar-refractivity contribution < 1.29 is 9.47 Å². The van der Waals surface area contributed by atoms with Crippen molar-refractivity contribution in [2.24, 2.45) is 12.0 Å². The van der Waals surface area contributed by atoms with Crippen LogP contribution in [0.25, 0.3) is 0 Å². The second kappa shape index (κ2) is 12.5. The Morgan fingerprint density at radius 1 is 1.19 bits per heavy atom. The van der Waals surface area contributed by atoms with Gasteiger partial charge in [0.05, 0.1) is 20.3 Å². The fourth-order valence-electron chi connectivity index (χ4n) is 2.33. The minimum absolute atomic E-state index is 0. The zero-order chi connectivity index (χ0) is 17.9. The van der Waals surface area contributed by atoms with Gasteiger partial charge in [-0.15, -0.1) is 24.0 Å². The van der Waals surface area contributed by atoms with E-state index in [1.807, 2.05) is 42.1 Å². The molecule has 0 unspecified atom stereocenters. The van der Waals surface area contributed by atoms with Crippen molar-refractivity contribution in [1.29, 1.82) is 0 Å². The van der Waals surface area contributed by atoms with Crippen LogP contribution >= 0.6 is 24.0 Å². The normalized spacial score (nSPS) is 10.8. The molecule has 6 nitrogen and oxygen atoms in total. The number of benzene rings is 1. The Labute approximate surface area is 173 Å². The van der Waals surface area contributed by atoms with Crippen LogP contribution in [0.2, 0.25) is 0 Å². The van der Waals surface area contributed by atoms with Gasteiger partial charge >= 0.3 is 0 Å². The van der Waals surface area contributed by atoms with Crippen molar-refractivity contribution in [2.45, 2.75) is 19.9 Å². The first kappa shape index (κ1) is 22.1. The van der Waals surface area contributed by atoms with Crippen molar-refractivity contribution in [2.75, 3.05) is 26.8 Å². The molecular weight excluding hydrogens is 443 g/mol. The van der Waals surface area contributed by atoms with E-state index in [0.29, 0.717) is 13.2 Å². The molecule has 144 valence electrons. The maximum atomic E-state index is 5.74. The van der Waals surface area contributed by atoms with E-state index in [1.165, 1.54) is 5.56 Å². The molecule has 0 saturated heterocycles. The monoisotopic (exact) mass is 472 g/mol. The number of guanidine groups is 1. The van der Waals surface area contributed by atoms with Crippen LogP contribution in [0.15, 0.2) is 47.7 Å². The quantitative estimate of drug-likeness (QED) is 0.255. The molecule has 0 saturated carbocycles. The largest absolute Gasteiger partial charge is 0.497 e. The van der Waals surface area contributed by atoms with Crippen LogP contribution in [0.1, 0.15) is 18.9 Å². The molecule has 0 spiro atoms. The summed E-state index contributed by atoms with van der Waals surface area (Å²) in [7, 11) is 3.67. The summed E-state index contributed by atoms with van der Waals surface area (Å²) in [5, 5.41) is 6.59. The highest BCUT2D eigenvalue weighted by atomic mass is 127. The number of ether oxygens (including phenoxy) is 2. The van der Waals surface area contributed by atoms with Crippen LogP contribution in [0.3, 0.4) is 0 Å². The lowest BCUT2D eigenvalue weighted by Crippen LogP contribution is -2.38. The van der Waals surface area contributed by atoms with Crippen molar-refractivity contribution >= 4 is 29.9 Å². The van der Waals surface area contributed by atoms with Crippen molar-refractivity contribution in [3.8, 4) is 11.5 Å². The Bertz CT molecular complexity index is 673. The van der Waals surface area contributed by atoms with Crippen LogP contribution in [-0.2, 0) is 13.6 Å². The molecule has 0 bridgehead atoms. The molecule has 1 aromatic carbocycles. The zero-order valence-electron chi connectivity index (χ0n) is 15.7. The van der Waals surface area contributed by atoms with Gasteiger partial charge in [0.25, 0.3) is 0 Å². The molecule has 1 heterocycles. The summed E-state index contributed by atoms with van der Waals surface area (Å²) >= 11 is 0. The van der Waals surface area contributed by atoms with Crippen molar-refractivity contribution in [3.63, 3.8) is 0 Å². The average Bonchev–Trinajstić information content (AvgIpc) is 3.04. The van der Waals surface area contributed by atoms with Crippen molar-refractivity contribution in [1.82, 2.24) is 15.2 Å². The predicted octanol–water partition coefficient (Wildman–Crippen LogP) is 3.18. The van der Waals surface area contributed by atoms with Crippen LogP contribution in [0.5, 0.6) is 11.5 Å².